The van der Waals surface area contributed by atoms with Crippen molar-refractivity contribution >= 4 is 10.9 Å². The fourth-order valence-electron chi connectivity index (χ4n) is 1.74. The first-order valence-corrected chi connectivity index (χ1v) is 5.16. The third-order valence-corrected chi connectivity index (χ3v) is 2.49. The summed E-state index contributed by atoms with van der Waals surface area (Å²) in [7, 11) is 0. The van der Waals surface area contributed by atoms with Crippen LogP contribution in [-0.4, -0.2) is 21.3 Å². The van der Waals surface area contributed by atoms with E-state index < -0.39 is 0 Å². The van der Waals surface area contributed by atoms with E-state index in [0.717, 1.165) is 0 Å². The molecule has 5 nitrogen and oxygen atoms in total. The standard InChI is InChI=1S/C11H13N3O2/c12-7-10-13-9-4-2-1-3-8(9)11(16)14(10)5-6-15/h1-4,15H,5-7,12H2/p+1. The van der Waals surface area contributed by atoms with Crippen molar-refractivity contribution < 1.29 is 10.8 Å². The molecule has 2 aromatic rings. The Morgan fingerprint density at radius 3 is 2.81 bits per heavy atom. The first-order chi connectivity index (χ1) is 7.77. The fourth-order valence-corrected chi connectivity index (χ4v) is 1.74. The molecule has 0 saturated heterocycles. The zero-order valence-corrected chi connectivity index (χ0v) is 8.89. The van der Waals surface area contributed by atoms with Crippen LogP contribution in [0.15, 0.2) is 29.1 Å². The van der Waals surface area contributed by atoms with Crippen LogP contribution >= 0.6 is 0 Å². The highest BCUT2D eigenvalue weighted by Crippen LogP contribution is 2.07. The third kappa shape index (κ3) is 1.70. The Morgan fingerprint density at radius 2 is 2.12 bits per heavy atom. The molecule has 16 heavy (non-hydrogen) atoms. The third-order valence-electron chi connectivity index (χ3n) is 2.49. The SMILES string of the molecule is [NH3+]Cc1nc2ccccc2c(=O)n1CCO. The number of quaternary nitrogens is 1. The van der Waals surface area contributed by atoms with Crippen LogP contribution in [0.4, 0.5) is 0 Å². The number of aliphatic hydroxyl groups excluding tert-OH is 1. The Bertz CT molecular complexity index is 563. The van der Waals surface area contributed by atoms with Gasteiger partial charge in [0, 0.05) is 0 Å². The van der Waals surface area contributed by atoms with Gasteiger partial charge in [0.1, 0.15) is 6.54 Å². The number of hydrogen-bond donors (Lipinski definition) is 2. The molecule has 84 valence electrons. The maximum absolute atomic E-state index is 12.1. The summed E-state index contributed by atoms with van der Waals surface area (Å²) in [6, 6.07) is 7.20. The molecule has 0 saturated carbocycles. The molecule has 0 spiro atoms. The second-order valence-corrected chi connectivity index (χ2v) is 3.48. The summed E-state index contributed by atoms with van der Waals surface area (Å²) in [6.45, 7) is 0.620. The van der Waals surface area contributed by atoms with E-state index in [1.54, 1.807) is 18.2 Å². The van der Waals surface area contributed by atoms with E-state index in [-0.39, 0.29) is 18.7 Å². The van der Waals surface area contributed by atoms with Crippen molar-refractivity contribution in [2.75, 3.05) is 6.61 Å². The number of hydrogen-bond acceptors (Lipinski definition) is 3. The first-order valence-electron chi connectivity index (χ1n) is 5.16. The van der Waals surface area contributed by atoms with Crippen LogP contribution in [0.3, 0.4) is 0 Å². The summed E-state index contributed by atoms with van der Waals surface area (Å²) in [5.74, 6) is 0.609. The molecule has 1 heterocycles. The van der Waals surface area contributed by atoms with Gasteiger partial charge in [0.25, 0.3) is 5.56 Å². The smallest absolute Gasteiger partial charge is 0.261 e. The van der Waals surface area contributed by atoms with Gasteiger partial charge in [0.2, 0.25) is 0 Å². The molecule has 0 radical (unpaired) electrons. The van der Waals surface area contributed by atoms with Crippen molar-refractivity contribution in [1.82, 2.24) is 9.55 Å². The van der Waals surface area contributed by atoms with Crippen molar-refractivity contribution in [2.45, 2.75) is 13.1 Å². The highest BCUT2D eigenvalue weighted by molar-refractivity contribution is 5.77. The number of nitrogens with zero attached hydrogens (tertiary/aromatic N) is 2. The normalized spacial score (nSPS) is 10.9. The van der Waals surface area contributed by atoms with Gasteiger partial charge < -0.3 is 10.8 Å². The zero-order chi connectivity index (χ0) is 11.5. The predicted octanol–water partition coefficient (Wildman–Crippen LogP) is -0.869. The Balaban J connectivity index is 2.77. The average molecular weight is 220 g/mol. The van der Waals surface area contributed by atoms with Crippen molar-refractivity contribution in [3.05, 3.63) is 40.4 Å². The predicted molar refractivity (Wildman–Crippen MR) is 59.7 cm³/mol. The van der Waals surface area contributed by atoms with Gasteiger partial charge >= 0.3 is 0 Å². The van der Waals surface area contributed by atoms with Crippen LogP contribution in [0.25, 0.3) is 10.9 Å². The summed E-state index contributed by atoms with van der Waals surface area (Å²) < 4.78 is 1.48. The molecular formula is C11H14N3O2+. The average Bonchev–Trinajstić information content (AvgIpc) is 2.33. The lowest BCUT2D eigenvalue weighted by Crippen LogP contribution is -2.50. The summed E-state index contributed by atoms with van der Waals surface area (Å²) in [4.78, 5) is 16.4. The maximum atomic E-state index is 12.1. The Labute approximate surface area is 92.2 Å². The minimum atomic E-state index is -0.113. The van der Waals surface area contributed by atoms with Crippen LogP contribution < -0.4 is 11.3 Å². The molecule has 1 aromatic heterocycles. The molecule has 0 aliphatic heterocycles. The monoisotopic (exact) mass is 220 g/mol. The van der Waals surface area contributed by atoms with E-state index in [2.05, 4.69) is 10.7 Å². The first kappa shape index (κ1) is 10.8. The van der Waals surface area contributed by atoms with Gasteiger partial charge in [-0.25, -0.2) is 4.98 Å². The summed E-state index contributed by atoms with van der Waals surface area (Å²) in [6.07, 6.45) is 0. The molecule has 0 atom stereocenters. The van der Waals surface area contributed by atoms with Crippen LogP contribution in [0, 0.1) is 0 Å². The van der Waals surface area contributed by atoms with Gasteiger partial charge in [-0.3, -0.25) is 9.36 Å². The van der Waals surface area contributed by atoms with Gasteiger partial charge in [0.15, 0.2) is 5.82 Å². The maximum Gasteiger partial charge on any atom is 0.261 e. The minimum Gasteiger partial charge on any atom is -0.395 e. The molecule has 0 bridgehead atoms. The fraction of sp³-hybridized carbons (Fsp3) is 0.273. The lowest BCUT2D eigenvalue weighted by molar-refractivity contribution is -0.389. The molecule has 0 unspecified atom stereocenters. The Morgan fingerprint density at radius 1 is 1.38 bits per heavy atom. The Kier molecular flexibility index (Phi) is 2.98. The van der Waals surface area contributed by atoms with Crippen LogP contribution in [0.5, 0.6) is 0 Å². The summed E-state index contributed by atoms with van der Waals surface area (Å²) in [5.41, 5.74) is 4.31. The second kappa shape index (κ2) is 4.42. The number of aromatic nitrogens is 2. The molecule has 0 amide bonds. The van der Waals surface area contributed by atoms with Crippen LogP contribution in [-0.2, 0) is 13.1 Å². The van der Waals surface area contributed by atoms with Crippen molar-refractivity contribution in [2.24, 2.45) is 0 Å². The van der Waals surface area contributed by atoms with Crippen molar-refractivity contribution in [3.8, 4) is 0 Å². The van der Waals surface area contributed by atoms with Crippen molar-refractivity contribution in [3.63, 3.8) is 0 Å². The lowest BCUT2D eigenvalue weighted by atomic mass is 10.2. The highest BCUT2D eigenvalue weighted by Gasteiger charge is 2.09. The van der Waals surface area contributed by atoms with E-state index in [4.69, 9.17) is 5.11 Å². The molecule has 5 heteroatoms. The molecule has 0 aliphatic rings. The molecule has 0 fully saturated rings. The summed E-state index contributed by atoms with van der Waals surface area (Å²) >= 11 is 0. The van der Waals surface area contributed by atoms with Crippen molar-refractivity contribution in [1.29, 1.82) is 0 Å². The molecule has 1 aromatic carbocycles. The number of aliphatic hydroxyl groups is 1. The Hall–Kier alpha value is -1.72. The molecule has 0 aliphatic carbocycles. The quantitative estimate of drug-likeness (QED) is 0.705. The highest BCUT2D eigenvalue weighted by atomic mass is 16.3. The van der Waals surface area contributed by atoms with E-state index in [1.807, 2.05) is 6.07 Å². The van der Waals surface area contributed by atoms with Crippen LogP contribution in [0.1, 0.15) is 5.82 Å². The zero-order valence-electron chi connectivity index (χ0n) is 8.89. The largest absolute Gasteiger partial charge is 0.395 e. The summed E-state index contributed by atoms with van der Waals surface area (Å²) in [5, 5.41) is 9.51. The topological polar surface area (TPSA) is 82.8 Å². The lowest BCUT2D eigenvalue weighted by Gasteiger charge is -2.09. The van der Waals surface area contributed by atoms with E-state index >= 15 is 0 Å². The molecule has 2 rings (SSSR count). The van der Waals surface area contributed by atoms with Gasteiger partial charge in [0.05, 0.1) is 24.1 Å². The van der Waals surface area contributed by atoms with E-state index in [9.17, 15) is 4.79 Å². The van der Waals surface area contributed by atoms with Crippen LogP contribution in [0.2, 0.25) is 0 Å². The molecular weight excluding hydrogens is 206 g/mol. The minimum absolute atomic E-state index is 0.0765. The van der Waals surface area contributed by atoms with Gasteiger partial charge in [-0.2, -0.15) is 0 Å². The van der Waals surface area contributed by atoms with E-state index in [1.165, 1.54) is 4.57 Å². The van der Waals surface area contributed by atoms with Gasteiger partial charge in [-0.15, -0.1) is 0 Å². The van der Waals surface area contributed by atoms with E-state index in [0.29, 0.717) is 23.3 Å². The number of rotatable bonds is 3. The van der Waals surface area contributed by atoms with Gasteiger partial charge in [-0.05, 0) is 12.1 Å². The molecule has 4 N–H and O–H groups in total. The second-order valence-electron chi connectivity index (χ2n) is 3.48. The van der Waals surface area contributed by atoms with Gasteiger partial charge in [-0.1, -0.05) is 12.1 Å². The number of benzene rings is 1. The number of para-hydroxylation sites is 1. The number of fused-ring (bicyclic) bond motifs is 1.